The first kappa shape index (κ1) is 30.6. The van der Waals surface area contributed by atoms with Crippen molar-refractivity contribution in [2.24, 2.45) is 5.92 Å². The Morgan fingerprint density at radius 2 is 1.94 bits per heavy atom. The second-order valence-corrected chi connectivity index (χ2v) is 21.1. The summed E-state index contributed by atoms with van der Waals surface area (Å²) < 4.78 is 37.2. The van der Waals surface area contributed by atoms with E-state index in [0.717, 1.165) is 80.7 Å². The Bertz CT molecular complexity index is 804. The largest absolute Gasteiger partial charge is 0.598 e. The number of ether oxygens (including phenoxy) is 3. The molecule has 1 aromatic heterocycles. The van der Waals surface area contributed by atoms with Gasteiger partial charge in [-0.1, -0.05) is 32.5 Å². The first-order valence-electron chi connectivity index (χ1n) is 13.6. The van der Waals surface area contributed by atoms with E-state index >= 15 is 0 Å². The van der Waals surface area contributed by atoms with Crippen LogP contribution in [0.2, 0.25) is 25.7 Å². The molecule has 2 atom stereocenters. The maximum atomic E-state index is 13.0. The normalized spacial score (nSPS) is 20.1. The minimum atomic E-state index is -1.20. The van der Waals surface area contributed by atoms with Crippen LogP contribution < -0.4 is 4.72 Å². The highest BCUT2D eigenvalue weighted by molar-refractivity contribution is 9.10. The van der Waals surface area contributed by atoms with E-state index in [0.29, 0.717) is 6.73 Å². The number of aromatic nitrogens is 2. The molecule has 0 amide bonds. The average molecular weight is 607 g/mol. The second kappa shape index (κ2) is 13.4. The zero-order valence-corrected chi connectivity index (χ0v) is 26.6. The lowest BCUT2D eigenvalue weighted by Crippen LogP contribution is -2.42. The Morgan fingerprint density at radius 3 is 2.56 bits per heavy atom. The van der Waals surface area contributed by atoms with Crippen molar-refractivity contribution in [3.05, 3.63) is 16.6 Å². The number of halogens is 1. The lowest BCUT2D eigenvalue weighted by atomic mass is 10.00. The Kier molecular flexibility index (Phi) is 11.4. The van der Waals surface area contributed by atoms with E-state index in [2.05, 4.69) is 44.9 Å². The van der Waals surface area contributed by atoms with Gasteiger partial charge < -0.3 is 18.8 Å². The SMILES string of the molecule is CC(C)(C)[S@+]([O-])N[C@@H](CCCCCC1(CC2CC2)OCCO1)c1ncc(Br)n1COCC[Si](C)(C)C. The molecule has 0 radical (unpaired) electrons. The summed E-state index contributed by atoms with van der Waals surface area (Å²) in [6.45, 7) is 15.7. The summed E-state index contributed by atoms with van der Waals surface area (Å²) in [6, 6.07) is 1.01. The minimum Gasteiger partial charge on any atom is -0.598 e. The first-order valence-corrected chi connectivity index (χ1v) is 19.3. The topological polar surface area (TPSA) is 80.6 Å². The standard InChI is InChI=1S/C26H48BrN3O4SSi/c1-25(2,3)35(31)29-22(24-28-19-23(27)30(24)20-32-16-17-36(4,5)6)10-8-7-9-13-26(18-21-11-12-21)33-14-15-34-26/h19,21-22,29H,7-18,20H2,1-6H3/t22-,35-/m0/s1. The lowest BCUT2D eigenvalue weighted by molar-refractivity contribution is -0.170. The Morgan fingerprint density at radius 1 is 1.25 bits per heavy atom. The van der Waals surface area contributed by atoms with Gasteiger partial charge in [-0.25, -0.2) is 4.98 Å². The van der Waals surface area contributed by atoms with Crippen molar-refractivity contribution in [3.63, 3.8) is 0 Å². The molecule has 1 aliphatic heterocycles. The van der Waals surface area contributed by atoms with Crippen LogP contribution in [-0.4, -0.2) is 52.5 Å². The predicted molar refractivity (Wildman–Crippen MR) is 153 cm³/mol. The summed E-state index contributed by atoms with van der Waals surface area (Å²) in [4.78, 5) is 4.70. The van der Waals surface area contributed by atoms with Crippen molar-refractivity contribution in [3.8, 4) is 0 Å². The van der Waals surface area contributed by atoms with Gasteiger partial charge in [0.25, 0.3) is 0 Å². The van der Waals surface area contributed by atoms with Gasteiger partial charge in [0.2, 0.25) is 0 Å². The number of nitrogens with one attached hydrogen (secondary N) is 1. The average Bonchev–Trinajstić information content (AvgIpc) is 3.33. The molecule has 208 valence electrons. The third-order valence-electron chi connectivity index (χ3n) is 6.83. The first-order chi connectivity index (χ1) is 16.9. The van der Waals surface area contributed by atoms with Crippen LogP contribution in [0.1, 0.15) is 84.0 Å². The van der Waals surface area contributed by atoms with Crippen LogP contribution in [0.3, 0.4) is 0 Å². The molecule has 1 aliphatic carbocycles. The third-order valence-corrected chi connectivity index (χ3v) is 10.8. The number of hydrogen-bond acceptors (Lipinski definition) is 6. The van der Waals surface area contributed by atoms with Gasteiger partial charge in [-0.2, -0.15) is 0 Å². The van der Waals surface area contributed by atoms with E-state index in [1.807, 2.05) is 27.0 Å². The number of nitrogens with zero attached hydrogens (tertiary/aromatic N) is 2. The number of imidazole rings is 1. The van der Waals surface area contributed by atoms with Crippen molar-refractivity contribution >= 4 is 35.4 Å². The van der Waals surface area contributed by atoms with Crippen molar-refractivity contribution in [1.82, 2.24) is 14.3 Å². The quantitative estimate of drug-likeness (QED) is 0.131. The predicted octanol–water partition coefficient (Wildman–Crippen LogP) is 6.54. The van der Waals surface area contributed by atoms with E-state index in [4.69, 9.17) is 19.2 Å². The van der Waals surface area contributed by atoms with Crippen LogP contribution in [-0.2, 0) is 32.3 Å². The molecule has 0 spiro atoms. The van der Waals surface area contributed by atoms with Gasteiger partial charge >= 0.3 is 0 Å². The molecule has 1 N–H and O–H groups in total. The summed E-state index contributed by atoms with van der Waals surface area (Å²) in [6.07, 6.45) is 10.5. The molecule has 1 saturated heterocycles. The molecule has 36 heavy (non-hydrogen) atoms. The van der Waals surface area contributed by atoms with Gasteiger partial charge in [0.05, 0.1) is 19.4 Å². The van der Waals surface area contributed by atoms with Crippen LogP contribution in [0.25, 0.3) is 0 Å². The maximum absolute atomic E-state index is 13.0. The molecule has 7 nitrogen and oxygen atoms in total. The highest BCUT2D eigenvalue weighted by Gasteiger charge is 2.41. The number of unbranched alkanes of at least 4 members (excludes halogenated alkanes) is 2. The van der Waals surface area contributed by atoms with E-state index in [-0.39, 0.29) is 16.6 Å². The minimum absolute atomic E-state index is 0.114. The molecule has 2 heterocycles. The van der Waals surface area contributed by atoms with Crippen LogP contribution in [0.4, 0.5) is 0 Å². The van der Waals surface area contributed by atoms with Crippen LogP contribution in [0.15, 0.2) is 10.8 Å². The fourth-order valence-corrected chi connectivity index (χ4v) is 6.38. The van der Waals surface area contributed by atoms with Gasteiger partial charge in [-0.05, 0) is 74.3 Å². The molecule has 10 heteroatoms. The summed E-state index contributed by atoms with van der Waals surface area (Å²) >= 11 is 2.45. The molecular formula is C26H48BrN3O4SSi. The van der Waals surface area contributed by atoms with Gasteiger partial charge in [0, 0.05) is 38.9 Å². The van der Waals surface area contributed by atoms with Crippen molar-refractivity contribution in [2.75, 3.05) is 19.8 Å². The van der Waals surface area contributed by atoms with E-state index in [1.54, 1.807) is 0 Å². The molecule has 1 saturated carbocycles. The molecule has 3 rings (SSSR count). The molecule has 2 fully saturated rings. The van der Waals surface area contributed by atoms with E-state index in [1.165, 1.54) is 12.8 Å². The summed E-state index contributed by atoms with van der Waals surface area (Å²) in [5.74, 6) is 1.32. The van der Waals surface area contributed by atoms with E-state index < -0.39 is 19.4 Å². The Labute approximate surface area is 231 Å². The molecular weight excluding hydrogens is 558 g/mol. The molecule has 0 aromatic carbocycles. The Balaban J connectivity index is 1.57. The molecule has 2 aliphatic rings. The molecule has 1 aromatic rings. The molecule has 0 unspecified atom stereocenters. The van der Waals surface area contributed by atoms with Gasteiger partial charge in [-0.15, -0.1) is 4.72 Å². The van der Waals surface area contributed by atoms with Crippen LogP contribution >= 0.6 is 15.9 Å². The molecule has 0 bridgehead atoms. The summed E-state index contributed by atoms with van der Waals surface area (Å²) in [5, 5.41) is 0. The van der Waals surface area contributed by atoms with Crippen molar-refractivity contribution in [1.29, 1.82) is 0 Å². The summed E-state index contributed by atoms with van der Waals surface area (Å²) in [7, 11) is -1.15. The lowest BCUT2D eigenvalue weighted by Gasteiger charge is -2.29. The van der Waals surface area contributed by atoms with Crippen LogP contribution in [0.5, 0.6) is 0 Å². The van der Waals surface area contributed by atoms with Crippen molar-refractivity contribution < 1.29 is 18.8 Å². The van der Waals surface area contributed by atoms with Gasteiger partial charge in [0.1, 0.15) is 27.9 Å². The smallest absolute Gasteiger partial charge is 0.168 e. The van der Waals surface area contributed by atoms with Gasteiger partial charge in [0.15, 0.2) is 5.79 Å². The monoisotopic (exact) mass is 605 g/mol. The van der Waals surface area contributed by atoms with Crippen molar-refractivity contribution in [2.45, 2.75) is 121 Å². The second-order valence-electron chi connectivity index (χ2n) is 12.6. The summed E-state index contributed by atoms with van der Waals surface area (Å²) in [5.41, 5.74) is 0. The van der Waals surface area contributed by atoms with E-state index in [9.17, 15) is 4.55 Å². The maximum Gasteiger partial charge on any atom is 0.168 e. The fourth-order valence-electron chi connectivity index (χ4n) is 4.40. The number of hydrogen-bond donors (Lipinski definition) is 1. The zero-order valence-electron chi connectivity index (χ0n) is 23.2. The number of rotatable bonds is 16. The third kappa shape index (κ3) is 9.98. The van der Waals surface area contributed by atoms with Crippen LogP contribution in [0, 0.1) is 5.92 Å². The zero-order chi connectivity index (χ0) is 26.4. The highest BCUT2D eigenvalue weighted by Crippen LogP contribution is 2.42. The van der Waals surface area contributed by atoms with Gasteiger partial charge in [-0.3, -0.25) is 4.57 Å². The fraction of sp³-hybridized carbons (Fsp3) is 0.885. The highest BCUT2D eigenvalue weighted by atomic mass is 79.9. The Hall–Kier alpha value is 0.0569.